The van der Waals surface area contributed by atoms with Crippen LogP contribution in [0.1, 0.15) is 21.5 Å². The fraction of sp³-hybridized carbons (Fsp3) is 0.0741. The first-order chi connectivity index (χ1) is 15.6. The second kappa shape index (κ2) is 8.19. The molecule has 4 aromatic carbocycles. The highest BCUT2D eigenvalue weighted by Crippen LogP contribution is 2.33. The highest BCUT2D eigenvalue weighted by Gasteiger charge is 2.17. The molecule has 2 N–H and O–H groups in total. The number of amides is 1. The number of rotatable bonds is 6. The van der Waals surface area contributed by atoms with E-state index < -0.39 is 5.91 Å². The maximum atomic E-state index is 14.1. The summed E-state index contributed by atoms with van der Waals surface area (Å²) in [5.41, 5.74) is 9.74. The SMILES string of the molecule is NC(=O)c1cccc2c1c1ccc(F)cc1n2Cc1ccc(OCc2ccccc2)cc1. The average Bonchev–Trinajstić information content (AvgIpc) is 3.12. The molecule has 0 unspecified atom stereocenters. The van der Waals surface area contributed by atoms with E-state index in [0.29, 0.717) is 18.7 Å². The Morgan fingerprint density at radius 2 is 1.62 bits per heavy atom. The Kier molecular flexibility index (Phi) is 5.07. The maximum Gasteiger partial charge on any atom is 0.249 e. The number of ether oxygens (including phenoxy) is 1. The molecule has 1 amide bonds. The predicted molar refractivity (Wildman–Crippen MR) is 124 cm³/mol. The first-order valence-corrected chi connectivity index (χ1v) is 10.4. The van der Waals surface area contributed by atoms with Gasteiger partial charge in [0.1, 0.15) is 18.2 Å². The lowest BCUT2D eigenvalue weighted by molar-refractivity contribution is 0.100. The van der Waals surface area contributed by atoms with Gasteiger partial charge in [-0.1, -0.05) is 48.5 Å². The highest BCUT2D eigenvalue weighted by atomic mass is 19.1. The van der Waals surface area contributed by atoms with Crippen LogP contribution < -0.4 is 10.5 Å². The molecule has 1 heterocycles. The van der Waals surface area contributed by atoms with Crippen molar-refractivity contribution in [3.63, 3.8) is 0 Å². The summed E-state index contributed by atoms with van der Waals surface area (Å²) in [4.78, 5) is 12.0. The van der Waals surface area contributed by atoms with E-state index in [2.05, 4.69) is 0 Å². The van der Waals surface area contributed by atoms with Crippen molar-refractivity contribution in [3.05, 3.63) is 114 Å². The van der Waals surface area contributed by atoms with Gasteiger partial charge in [-0.05, 0) is 53.6 Å². The van der Waals surface area contributed by atoms with Crippen LogP contribution in [0, 0.1) is 5.82 Å². The Morgan fingerprint density at radius 1 is 0.844 bits per heavy atom. The molecular weight excluding hydrogens is 403 g/mol. The first-order valence-electron chi connectivity index (χ1n) is 10.4. The van der Waals surface area contributed by atoms with Gasteiger partial charge in [0.2, 0.25) is 5.91 Å². The Morgan fingerprint density at radius 3 is 2.38 bits per heavy atom. The van der Waals surface area contributed by atoms with Crippen LogP contribution >= 0.6 is 0 Å². The third-order valence-corrected chi connectivity index (χ3v) is 5.63. The number of nitrogens with zero attached hydrogens (tertiary/aromatic N) is 1. The van der Waals surface area contributed by atoms with Crippen LogP contribution in [0.2, 0.25) is 0 Å². The van der Waals surface area contributed by atoms with E-state index in [9.17, 15) is 9.18 Å². The van der Waals surface area contributed by atoms with Crippen molar-refractivity contribution >= 4 is 27.7 Å². The van der Waals surface area contributed by atoms with Crippen molar-refractivity contribution in [3.8, 4) is 5.75 Å². The van der Waals surface area contributed by atoms with Crippen LogP contribution in [-0.2, 0) is 13.2 Å². The molecule has 158 valence electrons. The van der Waals surface area contributed by atoms with Gasteiger partial charge in [-0.3, -0.25) is 4.79 Å². The number of aromatic nitrogens is 1. The normalized spacial score (nSPS) is 11.2. The van der Waals surface area contributed by atoms with Crippen LogP contribution in [0.4, 0.5) is 4.39 Å². The fourth-order valence-electron chi connectivity index (χ4n) is 4.11. The zero-order valence-corrected chi connectivity index (χ0v) is 17.3. The summed E-state index contributed by atoms with van der Waals surface area (Å²) in [6.07, 6.45) is 0. The molecule has 0 saturated heterocycles. The van der Waals surface area contributed by atoms with Gasteiger partial charge in [0.05, 0.1) is 11.0 Å². The van der Waals surface area contributed by atoms with Crippen LogP contribution in [0.3, 0.4) is 0 Å². The number of carbonyl (C=O) groups is 1. The molecule has 1 aromatic heterocycles. The zero-order valence-electron chi connectivity index (χ0n) is 17.3. The average molecular weight is 424 g/mol. The van der Waals surface area contributed by atoms with Crippen LogP contribution in [0.5, 0.6) is 5.75 Å². The van der Waals surface area contributed by atoms with E-state index in [1.54, 1.807) is 18.2 Å². The minimum atomic E-state index is -0.501. The van der Waals surface area contributed by atoms with Crippen molar-refractivity contribution in [2.75, 3.05) is 0 Å². The standard InChI is InChI=1S/C27H21FN2O2/c28-20-11-14-22-25(15-20)30(24-8-4-7-23(26(22)24)27(29)31)16-18-9-12-21(13-10-18)32-17-19-5-2-1-3-6-19/h1-15H,16-17H2,(H2,29,31). The van der Waals surface area contributed by atoms with Gasteiger partial charge >= 0.3 is 0 Å². The van der Waals surface area contributed by atoms with Crippen molar-refractivity contribution < 1.29 is 13.9 Å². The molecule has 4 nitrogen and oxygen atoms in total. The minimum Gasteiger partial charge on any atom is -0.489 e. The van der Waals surface area contributed by atoms with E-state index in [1.165, 1.54) is 12.1 Å². The lowest BCUT2D eigenvalue weighted by Gasteiger charge is -2.10. The predicted octanol–water partition coefficient (Wildman–Crippen LogP) is 5.66. The van der Waals surface area contributed by atoms with Gasteiger partial charge in [0.15, 0.2) is 0 Å². The highest BCUT2D eigenvalue weighted by molar-refractivity contribution is 6.17. The Balaban J connectivity index is 1.49. The van der Waals surface area contributed by atoms with Gasteiger partial charge in [-0.15, -0.1) is 0 Å². The summed E-state index contributed by atoms with van der Waals surface area (Å²) in [5.74, 6) is -0.0485. The molecule has 0 radical (unpaired) electrons. The Labute approximate surface area is 184 Å². The summed E-state index contributed by atoms with van der Waals surface area (Å²) in [5, 5.41) is 1.55. The summed E-state index contributed by atoms with van der Waals surface area (Å²) in [6.45, 7) is 1.02. The lowest BCUT2D eigenvalue weighted by Crippen LogP contribution is -2.11. The van der Waals surface area contributed by atoms with Crippen LogP contribution in [0.25, 0.3) is 21.8 Å². The quantitative estimate of drug-likeness (QED) is 0.382. The first kappa shape index (κ1) is 19.8. The third-order valence-electron chi connectivity index (χ3n) is 5.63. The monoisotopic (exact) mass is 424 g/mol. The smallest absolute Gasteiger partial charge is 0.249 e. The molecule has 5 rings (SSSR count). The number of benzene rings is 4. The van der Waals surface area contributed by atoms with E-state index in [0.717, 1.165) is 38.7 Å². The number of primary amides is 1. The molecule has 0 aliphatic rings. The van der Waals surface area contributed by atoms with Gasteiger partial charge in [-0.25, -0.2) is 4.39 Å². The van der Waals surface area contributed by atoms with Gasteiger partial charge in [0.25, 0.3) is 0 Å². The van der Waals surface area contributed by atoms with E-state index in [4.69, 9.17) is 10.5 Å². The Hall–Kier alpha value is -4.12. The number of nitrogens with two attached hydrogens (primary N) is 1. The van der Waals surface area contributed by atoms with Crippen LogP contribution in [-0.4, -0.2) is 10.5 Å². The largest absolute Gasteiger partial charge is 0.489 e. The summed E-state index contributed by atoms with van der Waals surface area (Å²) in [6, 6.07) is 27.9. The topological polar surface area (TPSA) is 57.2 Å². The fourth-order valence-corrected chi connectivity index (χ4v) is 4.11. The van der Waals surface area contributed by atoms with E-state index in [1.807, 2.05) is 65.2 Å². The summed E-state index contributed by atoms with van der Waals surface area (Å²) < 4.78 is 22.0. The number of fused-ring (bicyclic) bond motifs is 3. The maximum absolute atomic E-state index is 14.1. The van der Waals surface area contributed by atoms with Crippen molar-refractivity contribution in [2.24, 2.45) is 5.73 Å². The van der Waals surface area contributed by atoms with Crippen LogP contribution in [0.15, 0.2) is 91.0 Å². The molecule has 0 aliphatic heterocycles. The van der Waals surface area contributed by atoms with Gasteiger partial charge in [0, 0.05) is 22.9 Å². The van der Waals surface area contributed by atoms with Gasteiger partial charge in [-0.2, -0.15) is 0 Å². The van der Waals surface area contributed by atoms with Crippen molar-refractivity contribution in [1.82, 2.24) is 4.57 Å². The molecule has 5 aromatic rings. The second-order valence-corrected chi connectivity index (χ2v) is 7.73. The number of carbonyl (C=O) groups excluding carboxylic acids is 1. The molecule has 0 saturated carbocycles. The van der Waals surface area contributed by atoms with E-state index in [-0.39, 0.29) is 5.82 Å². The number of halogens is 1. The van der Waals surface area contributed by atoms with E-state index >= 15 is 0 Å². The number of hydrogen-bond donors (Lipinski definition) is 1. The molecule has 0 spiro atoms. The summed E-state index contributed by atoms with van der Waals surface area (Å²) in [7, 11) is 0. The zero-order chi connectivity index (χ0) is 22.1. The third kappa shape index (κ3) is 3.69. The molecule has 0 aliphatic carbocycles. The molecule has 0 fully saturated rings. The van der Waals surface area contributed by atoms with Gasteiger partial charge < -0.3 is 15.0 Å². The molecule has 0 bridgehead atoms. The molecular formula is C27H21FN2O2. The van der Waals surface area contributed by atoms with Crippen molar-refractivity contribution in [1.29, 1.82) is 0 Å². The molecule has 32 heavy (non-hydrogen) atoms. The minimum absolute atomic E-state index is 0.327. The summed E-state index contributed by atoms with van der Waals surface area (Å²) >= 11 is 0. The molecule has 5 heteroatoms. The van der Waals surface area contributed by atoms with Crippen molar-refractivity contribution in [2.45, 2.75) is 13.2 Å². The second-order valence-electron chi connectivity index (χ2n) is 7.73. The molecule has 0 atom stereocenters. The number of hydrogen-bond acceptors (Lipinski definition) is 2. The lowest BCUT2D eigenvalue weighted by atomic mass is 10.1. The Bertz CT molecular complexity index is 1420.